The topological polar surface area (TPSA) is 46.5 Å². The Morgan fingerprint density at radius 3 is 2.30 bits per heavy atom. The van der Waals surface area contributed by atoms with Crippen molar-refractivity contribution in [3.8, 4) is 0 Å². The highest BCUT2D eigenvalue weighted by Crippen LogP contribution is 2.32. The van der Waals surface area contributed by atoms with Crippen LogP contribution in [0, 0.1) is 0 Å². The Morgan fingerprint density at radius 1 is 1.30 bits per heavy atom. The second kappa shape index (κ2) is 6.86. The first-order valence-electron chi connectivity index (χ1n) is 6.79. The number of carbonyl (C=O) groups is 1. The zero-order valence-electron chi connectivity index (χ0n) is 12.7. The van der Waals surface area contributed by atoms with Crippen LogP contribution in [0.4, 0.5) is 0 Å². The molecule has 1 aromatic carbocycles. The van der Waals surface area contributed by atoms with Crippen molar-refractivity contribution in [2.45, 2.75) is 38.6 Å². The van der Waals surface area contributed by atoms with Gasteiger partial charge >= 0.3 is 5.97 Å². The summed E-state index contributed by atoms with van der Waals surface area (Å²) in [6, 6.07) is 10.2. The average Bonchev–Trinajstić information content (AvgIpc) is 2.36. The first-order chi connectivity index (χ1) is 9.26. The van der Waals surface area contributed by atoms with Crippen LogP contribution in [0.1, 0.15) is 13.8 Å². The third-order valence-corrected chi connectivity index (χ3v) is 7.92. The number of aliphatic hydroxyl groups is 1. The van der Waals surface area contributed by atoms with Gasteiger partial charge in [-0.3, -0.25) is 4.79 Å². The average molecular weight is 292 g/mol. The molecular formula is C16H24O3Si. The van der Waals surface area contributed by atoms with Gasteiger partial charge in [0.2, 0.25) is 0 Å². The molecule has 0 radical (unpaired) electrons. The lowest BCUT2D eigenvalue weighted by Crippen LogP contribution is -2.51. The fourth-order valence-electron chi connectivity index (χ4n) is 2.77. The SMILES string of the molecule is C=C(C)[C@H]([C@H](O)COC(C)=O)[Si](C)(C)c1ccccc1. The second-order valence-electron chi connectivity index (χ2n) is 5.78. The molecule has 0 amide bonds. The standard InChI is InChI=1S/C16H24O3Si/c1-12(2)16(15(18)11-19-13(3)17)20(4,5)14-9-7-6-8-10-14/h6-10,15-16,18H,1,11H2,2-5H3/t15-,16-/m1/s1. The summed E-state index contributed by atoms with van der Waals surface area (Å²) in [4.78, 5) is 10.9. The van der Waals surface area contributed by atoms with Crippen molar-refractivity contribution in [3.63, 3.8) is 0 Å². The van der Waals surface area contributed by atoms with E-state index in [-0.39, 0.29) is 18.1 Å². The van der Waals surface area contributed by atoms with Crippen LogP contribution in [0.15, 0.2) is 42.5 Å². The molecule has 0 aromatic heterocycles. The van der Waals surface area contributed by atoms with Crippen molar-refractivity contribution in [1.82, 2.24) is 0 Å². The van der Waals surface area contributed by atoms with E-state index in [1.165, 1.54) is 12.1 Å². The Morgan fingerprint density at radius 2 is 1.85 bits per heavy atom. The predicted molar refractivity (Wildman–Crippen MR) is 84.8 cm³/mol. The van der Waals surface area contributed by atoms with Gasteiger partial charge in [0, 0.05) is 12.5 Å². The summed E-state index contributed by atoms with van der Waals surface area (Å²) in [5.41, 5.74) is 0.884. The molecule has 110 valence electrons. The minimum Gasteiger partial charge on any atom is -0.463 e. The molecular weight excluding hydrogens is 268 g/mol. The minimum absolute atomic E-state index is 0.0239. The van der Waals surface area contributed by atoms with E-state index in [1.807, 2.05) is 25.1 Å². The summed E-state index contributed by atoms with van der Waals surface area (Å²) in [6.45, 7) is 11.7. The Balaban J connectivity index is 3.00. The monoisotopic (exact) mass is 292 g/mol. The molecule has 0 fully saturated rings. The predicted octanol–water partition coefficient (Wildman–Crippen LogP) is 2.47. The first kappa shape index (κ1) is 16.7. The van der Waals surface area contributed by atoms with E-state index in [2.05, 4.69) is 31.8 Å². The summed E-state index contributed by atoms with van der Waals surface area (Å²) >= 11 is 0. The van der Waals surface area contributed by atoms with Crippen LogP contribution in [0.2, 0.25) is 18.6 Å². The highest BCUT2D eigenvalue weighted by atomic mass is 28.3. The smallest absolute Gasteiger partial charge is 0.302 e. The van der Waals surface area contributed by atoms with E-state index >= 15 is 0 Å². The lowest BCUT2D eigenvalue weighted by Gasteiger charge is -2.36. The summed E-state index contributed by atoms with van der Waals surface area (Å²) < 4.78 is 4.96. The summed E-state index contributed by atoms with van der Waals surface area (Å²) in [5, 5.41) is 11.7. The molecule has 0 saturated heterocycles. The Hall–Kier alpha value is -1.39. The van der Waals surface area contributed by atoms with Crippen molar-refractivity contribution < 1.29 is 14.6 Å². The number of benzene rings is 1. The summed E-state index contributed by atoms with van der Waals surface area (Å²) in [5.74, 6) is -0.372. The van der Waals surface area contributed by atoms with Gasteiger partial charge in [0.05, 0.1) is 14.2 Å². The molecule has 0 heterocycles. The highest BCUT2D eigenvalue weighted by molar-refractivity contribution is 6.91. The highest BCUT2D eigenvalue weighted by Gasteiger charge is 2.39. The third kappa shape index (κ3) is 4.05. The Bertz CT molecular complexity index is 468. The van der Waals surface area contributed by atoms with Crippen LogP contribution in [-0.2, 0) is 9.53 Å². The number of carbonyl (C=O) groups excluding carboxylic acids is 1. The maximum Gasteiger partial charge on any atom is 0.302 e. The van der Waals surface area contributed by atoms with Gasteiger partial charge in [0.25, 0.3) is 0 Å². The van der Waals surface area contributed by atoms with Gasteiger partial charge in [0.15, 0.2) is 0 Å². The molecule has 1 N–H and O–H groups in total. The van der Waals surface area contributed by atoms with E-state index in [0.29, 0.717) is 0 Å². The van der Waals surface area contributed by atoms with Crippen LogP contribution < -0.4 is 5.19 Å². The van der Waals surface area contributed by atoms with E-state index in [1.54, 1.807) is 0 Å². The van der Waals surface area contributed by atoms with Gasteiger partial charge in [-0.2, -0.15) is 0 Å². The van der Waals surface area contributed by atoms with Crippen LogP contribution in [0.3, 0.4) is 0 Å². The quantitative estimate of drug-likeness (QED) is 0.498. The number of hydrogen-bond donors (Lipinski definition) is 1. The molecule has 0 bridgehead atoms. The normalized spacial score (nSPS) is 14.4. The van der Waals surface area contributed by atoms with Gasteiger partial charge in [-0.05, 0) is 6.92 Å². The molecule has 0 aliphatic carbocycles. The lowest BCUT2D eigenvalue weighted by molar-refractivity contribution is -0.143. The minimum atomic E-state index is -1.95. The number of aliphatic hydroxyl groups excluding tert-OH is 1. The number of esters is 1. The second-order valence-corrected chi connectivity index (χ2v) is 10.4. The van der Waals surface area contributed by atoms with Crippen LogP contribution in [-0.4, -0.2) is 31.9 Å². The number of rotatable bonds is 6. The summed E-state index contributed by atoms with van der Waals surface area (Å²) in [7, 11) is -1.95. The third-order valence-electron chi connectivity index (χ3n) is 3.67. The maximum atomic E-state index is 10.9. The van der Waals surface area contributed by atoms with Gasteiger partial charge in [-0.25, -0.2) is 0 Å². The van der Waals surface area contributed by atoms with Crippen molar-refractivity contribution in [3.05, 3.63) is 42.5 Å². The van der Waals surface area contributed by atoms with Crippen molar-refractivity contribution in [2.75, 3.05) is 6.61 Å². The van der Waals surface area contributed by atoms with Crippen LogP contribution >= 0.6 is 0 Å². The molecule has 0 unspecified atom stereocenters. The molecule has 3 nitrogen and oxygen atoms in total. The number of hydrogen-bond acceptors (Lipinski definition) is 3. The Kier molecular flexibility index (Phi) is 5.71. The fourth-order valence-corrected chi connectivity index (χ4v) is 6.47. The molecule has 2 atom stereocenters. The molecule has 1 aromatic rings. The molecule has 0 aliphatic rings. The molecule has 4 heteroatoms. The Labute approximate surface area is 122 Å². The van der Waals surface area contributed by atoms with E-state index < -0.39 is 14.2 Å². The fraction of sp³-hybridized carbons (Fsp3) is 0.438. The van der Waals surface area contributed by atoms with E-state index in [0.717, 1.165) is 5.57 Å². The summed E-state index contributed by atoms with van der Waals surface area (Å²) in [6.07, 6.45) is -0.710. The molecule has 1 rings (SSSR count). The van der Waals surface area contributed by atoms with Gasteiger partial charge in [-0.15, -0.1) is 6.58 Å². The van der Waals surface area contributed by atoms with Gasteiger partial charge in [-0.1, -0.05) is 54.2 Å². The number of ether oxygens (including phenoxy) is 1. The van der Waals surface area contributed by atoms with Crippen molar-refractivity contribution in [1.29, 1.82) is 0 Å². The molecule has 0 aliphatic heterocycles. The van der Waals surface area contributed by atoms with E-state index in [4.69, 9.17) is 4.74 Å². The molecule has 0 saturated carbocycles. The maximum absolute atomic E-state index is 10.9. The van der Waals surface area contributed by atoms with Crippen LogP contribution in [0.5, 0.6) is 0 Å². The largest absolute Gasteiger partial charge is 0.463 e. The molecule has 0 spiro atoms. The van der Waals surface area contributed by atoms with Crippen molar-refractivity contribution >= 4 is 19.2 Å². The van der Waals surface area contributed by atoms with E-state index in [9.17, 15) is 9.90 Å². The van der Waals surface area contributed by atoms with Gasteiger partial charge in [0.1, 0.15) is 6.61 Å². The van der Waals surface area contributed by atoms with Crippen molar-refractivity contribution in [2.24, 2.45) is 0 Å². The van der Waals surface area contributed by atoms with Crippen LogP contribution in [0.25, 0.3) is 0 Å². The zero-order chi connectivity index (χ0) is 15.3. The lowest BCUT2D eigenvalue weighted by atomic mass is 10.1. The first-order valence-corrected chi connectivity index (χ1v) is 9.87. The van der Waals surface area contributed by atoms with Gasteiger partial charge < -0.3 is 9.84 Å². The zero-order valence-corrected chi connectivity index (χ0v) is 13.7. The molecule has 20 heavy (non-hydrogen) atoms.